The Morgan fingerprint density at radius 2 is 1.92 bits per heavy atom. The fraction of sp³-hybridized carbons (Fsp3) is 0.500. The van der Waals surface area contributed by atoms with Crippen LogP contribution in [0.25, 0.3) is 0 Å². The number of fused-ring (bicyclic) bond motifs is 3. The lowest BCUT2D eigenvalue weighted by Crippen LogP contribution is -2.52. The molecule has 2 fully saturated rings. The van der Waals surface area contributed by atoms with Crippen LogP contribution in [0.3, 0.4) is 0 Å². The van der Waals surface area contributed by atoms with Crippen molar-refractivity contribution in [2.45, 2.75) is 62.8 Å². The summed E-state index contributed by atoms with van der Waals surface area (Å²) >= 11 is 0. The zero-order chi connectivity index (χ0) is 24.7. The van der Waals surface area contributed by atoms with Crippen molar-refractivity contribution >= 4 is 29.2 Å². The fourth-order valence-electron chi connectivity index (χ4n) is 6.59. The van der Waals surface area contributed by atoms with Crippen molar-refractivity contribution in [2.24, 2.45) is 5.92 Å². The van der Waals surface area contributed by atoms with Crippen LogP contribution in [-0.4, -0.2) is 53.3 Å². The van der Waals surface area contributed by atoms with Gasteiger partial charge in [-0.05, 0) is 74.4 Å². The highest BCUT2D eigenvalue weighted by Gasteiger charge is 2.51. The first-order valence-corrected chi connectivity index (χ1v) is 13.2. The number of nitrogens with zero attached hydrogens (tertiary/aromatic N) is 2. The quantitative estimate of drug-likeness (QED) is 0.602. The van der Waals surface area contributed by atoms with Gasteiger partial charge in [-0.3, -0.25) is 14.4 Å². The minimum Gasteiger partial charge on any atom is -0.329 e. The Hall–Kier alpha value is -3.26. The van der Waals surface area contributed by atoms with Gasteiger partial charge in [0.2, 0.25) is 17.7 Å². The van der Waals surface area contributed by atoms with Gasteiger partial charge in [0.1, 0.15) is 12.4 Å². The summed E-state index contributed by atoms with van der Waals surface area (Å²) in [6.07, 6.45) is 8.88. The van der Waals surface area contributed by atoms with E-state index in [1.165, 1.54) is 0 Å². The molecule has 0 radical (unpaired) electrons. The SMILES string of the molecule is O=C(CN(C(=O)C1CCCC1)[C@H]1CCCNC1)Nc1ccc2c(c1)C[C@@]1(C2)C(=O)Nc2ncccc21. The van der Waals surface area contributed by atoms with Gasteiger partial charge in [-0.2, -0.15) is 0 Å². The molecule has 2 atom stereocenters. The third kappa shape index (κ3) is 4.07. The third-order valence-electron chi connectivity index (χ3n) is 8.48. The Kier molecular flexibility index (Phi) is 5.99. The van der Waals surface area contributed by atoms with E-state index in [1.54, 1.807) is 6.20 Å². The maximum atomic E-state index is 13.3. The van der Waals surface area contributed by atoms with Crippen molar-refractivity contribution in [3.63, 3.8) is 0 Å². The van der Waals surface area contributed by atoms with E-state index in [4.69, 9.17) is 0 Å². The molecule has 4 aliphatic rings. The molecule has 2 aliphatic carbocycles. The van der Waals surface area contributed by atoms with Crippen LogP contribution in [0.4, 0.5) is 11.5 Å². The highest BCUT2D eigenvalue weighted by Crippen LogP contribution is 2.46. The molecular formula is C28H33N5O3. The molecule has 8 heteroatoms. The van der Waals surface area contributed by atoms with Crippen molar-refractivity contribution in [3.05, 3.63) is 53.2 Å². The number of hydrogen-bond acceptors (Lipinski definition) is 5. The number of pyridine rings is 1. The molecule has 3 N–H and O–H groups in total. The molecule has 1 saturated carbocycles. The maximum absolute atomic E-state index is 13.3. The van der Waals surface area contributed by atoms with Gasteiger partial charge in [0.05, 0.1) is 5.41 Å². The topological polar surface area (TPSA) is 103 Å². The highest BCUT2D eigenvalue weighted by molar-refractivity contribution is 6.06. The molecule has 0 unspecified atom stereocenters. The summed E-state index contributed by atoms with van der Waals surface area (Å²) in [5, 5.41) is 9.35. The number of piperidine rings is 1. The Morgan fingerprint density at radius 1 is 1.08 bits per heavy atom. The van der Waals surface area contributed by atoms with E-state index in [0.29, 0.717) is 24.3 Å². The van der Waals surface area contributed by atoms with Crippen molar-refractivity contribution in [1.82, 2.24) is 15.2 Å². The van der Waals surface area contributed by atoms with Gasteiger partial charge in [-0.15, -0.1) is 0 Å². The van der Waals surface area contributed by atoms with Crippen LogP contribution >= 0.6 is 0 Å². The lowest BCUT2D eigenvalue weighted by Gasteiger charge is -2.35. The van der Waals surface area contributed by atoms with Crippen LogP contribution in [0.15, 0.2) is 36.5 Å². The predicted octanol–water partition coefficient (Wildman–Crippen LogP) is 2.78. The number of nitrogens with one attached hydrogen (secondary N) is 3. The lowest BCUT2D eigenvalue weighted by molar-refractivity contribution is -0.141. The van der Waals surface area contributed by atoms with Gasteiger partial charge in [0.25, 0.3) is 0 Å². The largest absolute Gasteiger partial charge is 0.329 e. The van der Waals surface area contributed by atoms with E-state index >= 15 is 0 Å². The van der Waals surface area contributed by atoms with Crippen LogP contribution in [-0.2, 0) is 32.6 Å². The smallest absolute Gasteiger partial charge is 0.244 e. The summed E-state index contributed by atoms with van der Waals surface area (Å²) in [5.74, 6) is 0.638. The molecule has 2 aromatic rings. The Bertz CT molecular complexity index is 1200. The normalized spacial score (nSPS) is 24.9. The van der Waals surface area contributed by atoms with Crippen molar-refractivity contribution in [3.8, 4) is 0 Å². The van der Waals surface area contributed by atoms with Crippen LogP contribution in [0.2, 0.25) is 0 Å². The van der Waals surface area contributed by atoms with Crippen molar-refractivity contribution in [1.29, 1.82) is 0 Å². The van der Waals surface area contributed by atoms with Gasteiger partial charge >= 0.3 is 0 Å². The number of rotatable bonds is 5. The van der Waals surface area contributed by atoms with Crippen LogP contribution in [0.5, 0.6) is 0 Å². The number of hydrogen-bond donors (Lipinski definition) is 3. The molecule has 1 saturated heterocycles. The number of carbonyl (C=O) groups is 3. The van der Waals surface area contributed by atoms with Gasteiger partial charge in [0, 0.05) is 36.0 Å². The number of benzene rings is 1. The van der Waals surface area contributed by atoms with Crippen LogP contribution < -0.4 is 16.0 Å². The zero-order valence-electron chi connectivity index (χ0n) is 20.5. The van der Waals surface area contributed by atoms with Gasteiger partial charge in [0.15, 0.2) is 0 Å². The minimum absolute atomic E-state index is 0.0138. The summed E-state index contributed by atoms with van der Waals surface area (Å²) in [7, 11) is 0. The average Bonchev–Trinajstić information content (AvgIpc) is 3.62. The maximum Gasteiger partial charge on any atom is 0.244 e. The summed E-state index contributed by atoms with van der Waals surface area (Å²) in [6.45, 7) is 1.78. The molecule has 1 spiro atoms. The standard InChI is InChI=1S/C28H33N5O3/c34-24(17-33(22-7-3-11-29-16-22)26(35)18-5-1-2-6-18)31-21-10-9-19-14-28(15-20(19)13-21)23-8-4-12-30-25(23)32-27(28)36/h4,8-10,12-13,18,22,29H,1-3,5-7,11,14-17H2,(H,31,34)(H,30,32,36)/t22-,28+/m0/s1. The van der Waals surface area contributed by atoms with E-state index < -0.39 is 5.41 Å². The molecule has 2 aliphatic heterocycles. The first-order chi connectivity index (χ1) is 17.5. The second-order valence-electron chi connectivity index (χ2n) is 10.8. The zero-order valence-corrected chi connectivity index (χ0v) is 20.5. The second kappa shape index (κ2) is 9.32. The summed E-state index contributed by atoms with van der Waals surface area (Å²) in [6, 6.07) is 9.80. The molecule has 188 valence electrons. The summed E-state index contributed by atoms with van der Waals surface area (Å²) in [5.41, 5.74) is 3.20. The van der Waals surface area contributed by atoms with E-state index in [1.807, 2.05) is 35.2 Å². The molecule has 1 aromatic heterocycles. The first-order valence-electron chi connectivity index (χ1n) is 13.2. The van der Waals surface area contributed by atoms with E-state index in [2.05, 4.69) is 20.9 Å². The molecule has 0 bridgehead atoms. The molecule has 3 amide bonds. The fourth-order valence-corrected chi connectivity index (χ4v) is 6.59. The minimum atomic E-state index is -0.632. The molecule has 36 heavy (non-hydrogen) atoms. The first kappa shape index (κ1) is 23.2. The summed E-state index contributed by atoms with van der Waals surface area (Å²) in [4.78, 5) is 45.6. The molecule has 3 heterocycles. The molecular weight excluding hydrogens is 454 g/mol. The summed E-state index contributed by atoms with van der Waals surface area (Å²) < 4.78 is 0. The van der Waals surface area contributed by atoms with Gasteiger partial charge in [-0.25, -0.2) is 4.98 Å². The van der Waals surface area contributed by atoms with Crippen LogP contribution in [0, 0.1) is 5.92 Å². The molecule has 6 rings (SSSR count). The second-order valence-corrected chi connectivity index (χ2v) is 10.8. The van der Waals surface area contributed by atoms with Gasteiger partial charge in [-0.1, -0.05) is 25.0 Å². The monoisotopic (exact) mass is 487 g/mol. The predicted molar refractivity (Wildman–Crippen MR) is 137 cm³/mol. The van der Waals surface area contributed by atoms with Crippen molar-refractivity contribution in [2.75, 3.05) is 30.3 Å². The Morgan fingerprint density at radius 3 is 2.72 bits per heavy atom. The number of amides is 3. The van der Waals surface area contributed by atoms with E-state index in [0.717, 1.165) is 68.3 Å². The Balaban J connectivity index is 1.17. The van der Waals surface area contributed by atoms with E-state index in [9.17, 15) is 14.4 Å². The van der Waals surface area contributed by atoms with E-state index in [-0.39, 0.29) is 36.2 Å². The lowest BCUT2D eigenvalue weighted by atomic mass is 9.79. The van der Waals surface area contributed by atoms with Gasteiger partial charge < -0.3 is 20.9 Å². The van der Waals surface area contributed by atoms with Crippen LogP contribution in [0.1, 0.15) is 55.2 Å². The number of aromatic nitrogens is 1. The number of anilines is 2. The van der Waals surface area contributed by atoms with Crippen molar-refractivity contribution < 1.29 is 14.4 Å². The number of carbonyl (C=O) groups excluding carboxylic acids is 3. The average molecular weight is 488 g/mol. The molecule has 8 nitrogen and oxygen atoms in total. The third-order valence-corrected chi connectivity index (χ3v) is 8.48. The highest BCUT2D eigenvalue weighted by atomic mass is 16.2. The Labute approximate surface area is 211 Å². The molecule has 1 aromatic carbocycles.